The highest BCUT2D eigenvalue weighted by atomic mass is 35.5. The van der Waals surface area contributed by atoms with E-state index in [1.165, 1.54) is 5.56 Å². The van der Waals surface area contributed by atoms with Crippen molar-refractivity contribution in [3.8, 4) is 0 Å². The monoisotopic (exact) mass is 182 g/mol. The van der Waals surface area contributed by atoms with Crippen molar-refractivity contribution in [2.45, 2.75) is 6.42 Å². The van der Waals surface area contributed by atoms with Crippen molar-refractivity contribution in [3.63, 3.8) is 0 Å². The largest absolute Gasteiger partial charge is 0.392 e. The van der Waals surface area contributed by atoms with Gasteiger partial charge in [-0.25, -0.2) is 0 Å². The predicted molar refractivity (Wildman–Crippen MR) is 51.4 cm³/mol. The van der Waals surface area contributed by atoms with Crippen molar-refractivity contribution in [2.75, 3.05) is 6.61 Å². The van der Waals surface area contributed by atoms with Crippen molar-refractivity contribution in [1.29, 1.82) is 0 Å². The molecule has 1 aromatic carbocycles. The Morgan fingerprint density at radius 2 is 1.83 bits per heavy atom. The van der Waals surface area contributed by atoms with E-state index in [1.54, 1.807) is 6.08 Å². The number of benzene rings is 1. The number of allylic oxidation sites excluding steroid dienone is 1. The van der Waals surface area contributed by atoms with Crippen LogP contribution in [0.4, 0.5) is 0 Å². The second kappa shape index (κ2) is 4.96. The summed E-state index contributed by atoms with van der Waals surface area (Å²) in [5, 5.41) is 9.23. The number of hydrogen-bond donors (Lipinski definition) is 1. The van der Waals surface area contributed by atoms with Crippen molar-refractivity contribution in [3.05, 3.63) is 47.0 Å². The number of hydrogen-bond acceptors (Lipinski definition) is 1. The predicted octanol–water partition coefficient (Wildman–Crippen LogP) is 2.43. The van der Waals surface area contributed by atoms with Gasteiger partial charge < -0.3 is 5.11 Å². The quantitative estimate of drug-likeness (QED) is 0.712. The summed E-state index contributed by atoms with van der Waals surface area (Å²) in [4.78, 5) is 0. The molecule has 0 aliphatic carbocycles. The topological polar surface area (TPSA) is 20.2 Å². The highest BCUT2D eigenvalue weighted by molar-refractivity contribution is 6.30. The normalized spacial score (nSPS) is 10.8. The molecule has 2 heteroatoms. The summed E-state index contributed by atoms with van der Waals surface area (Å²) in [6.45, 7) is 0.105. The number of rotatable bonds is 3. The van der Waals surface area contributed by atoms with Crippen LogP contribution in [-0.2, 0) is 6.42 Å². The Bertz CT molecular complexity index is 251. The molecule has 64 valence electrons. The SMILES string of the molecule is OC/C=C/Cc1ccc(Cl)cc1. The van der Waals surface area contributed by atoms with E-state index < -0.39 is 0 Å². The molecule has 0 amide bonds. The van der Waals surface area contributed by atoms with Crippen LogP contribution in [0.1, 0.15) is 5.56 Å². The zero-order valence-electron chi connectivity index (χ0n) is 6.70. The van der Waals surface area contributed by atoms with Crippen molar-refractivity contribution < 1.29 is 5.11 Å². The van der Waals surface area contributed by atoms with E-state index >= 15 is 0 Å². The van der Waals surface area contributed by atoms with Gasteiger partial charge in [0.1, 0.15) is 0 Å². The summed E-state index contributed by atoms with van der Waals surface area (Å²) >= 11 is 5.71. The highest BCUT2D eigenvalue weighted by Crippen LogP contribution is 2.09. The Morgan fingerprint density at radius 1 is 1.17 bits per heavy atom. The van der Waals surface area contributed by atoms with Gasteiger partial charge in [0.25, 0.3) is 0 Å². The summed E-state index contributed by atoms with van der Waals surface area (Å²) in [5.41, 5.74) is 1.20. The summed E-state index contributed by atoms with van der Waals surface area (Å²) in [6, 6.07) is 7.68. The van der Waals surface area contributed by atoms with Gasteiger partial charge in [0.15, 0.2) is 0 Å². The maximum atomic E-state index is 8.48. The molecule has 0 aromatic heterocycles. The molecule has 0 saturated heterocycles. The fourth-order valence-corrected chi connectivity index (χ4v) is 1.04. The first-order valence-corrected chi connectivity index (χ1v) is 4.21. The lowest BCUT2D eigenvalue weighted by Gasteiger charge is -1.95. The smallest absolute Gasteiger partial charge is 0.0612 e. The van der Waals surface area contributed by atoms with Crippen LogP contribution in [0.5, 0.6) is 0 Å². The third-order valence-corrected chi connectivity index (χ3v) is 1.79. The molecule has 1 aromatic rings. The lowest BCUT2D eigenvalue weighted by Crippen LogP contribution is -1.80. The van der Waals surface area contributed by atoms with Gasteiger partial charge in [-0.05, 0) is 24.1 Å². The van der Waals surface area contributed by atoms with Crippen LogP contribution in [-0.4, -0.2) is 11.7 Å². The Labute approximate surface area is 77.3 Å². The molecule has 0 atom stereocenters. The molecule has 0 saturated carbocycles. The minimum Gasteiger partial charge on any atom is -0.392 e. The molecule has 0 radical (unpaired) electrons. The van der Waals surface area contributed by atoms with Crippen LogP contribution in [0.15, 0.2) is 36.4 Å². The first kappa shape index (κ1) is 9.30. The lowest BCUT2D eigenvalue weighted by atomic mass is 10.1. The summed E-state index contributed by atoms with van der Waals surface area (Å²) in [5.74, 6) is 0. The van der Waals surface area contributed by atoms with E-state index in [1.807, 2.05) is 30.3 Å². The van der Waals surface area contributed by atoms with Crippen molar-refractivity contribution >= 4 is 11.6 Å². The molecule has 0 bridgehead atoms. The number of halogens is 1. The van der Waals surface area contributed by atoms with E-state index in [-0.39, 0.29) is 6.61 Å². The molecule has 0 aliphatic rings. The zero-order chi connectivity index (χ0) is 8.81. The summed E-state index contributed by atoms with van der Waals surface area (Å²) < 4.78 is 0. The van der Waals surface area contributed by atoms with Gasteiger partial charge in [-0.2, -0.15) is 0 Å². The van der Waals surface area contributed by atoms with Gasteiger partial charge in [-0.1, -0.05) is 35.9 Å². The average molecular weight is 183 g/mol. The van der Waals surface area contributed by atoms with Gasteiger partial charge in [0, 0.05) is 5.02 Å². The summed E-state index contributed by atoms with van der Waals surface area (Å²) in [7, 11) is 0. The average Bonchev–Trinajstić information content (AvgIpc) is 2.09. The van der Waals surface area contributed by atoms with Gasteiger partial charge in [-0.15, -0.1) is 0 Å². The molecular weight excluding hydrogens is 172 g/mol. The van der Waals surface area contributed by atoms with Crippen LogP contribution in [0, 0.1) is 0 Å². The standard InChI is InChI=1S/C10H11ClO/c11-10-6-4-9(5-7-10)3-1-2-8-12/h1-2,4-7,12H,3,8H2/b2-1+. The fraction of sp³-hybridized carbons (Fsp3) is 0.200. The third-order valence-electron chi connectivity index (χ3n) is 1.54. The molecule has 0 heterocycles. The first-order valence-electron chi connectivity index (χ1n) is 3.83. The fourth-order valence-electron chi connectivity index (χ4n) is 0.914. The molecular formula is C10H11ClO. The van der Waals surface area contributed by atoms with Crippen LogP contribution in [0.25, 0.3) is 0 Å². The van der Waals surface area contributed by atoms with Gasteiger partial charge in [-0.3, -0.25) is 0 Å². The lowest BCUT2D eigenvalue weighted by molar-refractivity contribution is 0.342. The van der Waals surface area contributed by atoms with Crippen molar-refractivity contribution in [1.82, 2.24) is 0 Å². The molecule has 0 fully saturated rings. The van der Waals surface area contributed by atoms with E-state index in [4.69, 9.17) is 16.7 Å². The second-order valence-corrected chi connectivity index (χ2v) is 2.92. The number of aliphatic hydroxyl groups is 1. The third kappa shape index (κ3) is 3.07. The molecule has 1 N–H and O–H groups in total. The maximum Gasteiger partial charge on any atom is 0.0612 e. The van der Waals surface area contributed by atoms with Crippen LogP contribution >= 0.6 is 11.6 Å². The Morgan fingerprint density at radius 3 is 2.42 bits per heavy atom. The van der Waals surface area contributed by atoms with Crippen LogP contribution in [0.3, 0.4) is 0 Å². The first-order chi connectivity index (χ1) is 5.83. The molecule has 1 rings (SSSR count). The maximum absolute atomic E-state index is 8.48. The van der Waals surface area contributed by atoms with Gasteiger partial charge in [0.2, 0.25) is 0 Å². The molecule has 12 heavy (non-hydrogen) atoms. The summed E-state index contributed by atoms with van der Waals surface area (Å²) in [6.07, 6.45) is 4.51. The van der Waals surface area contributed by atoms with E-state index in [0.29, 0.717) is 0 Å². The van der Waals surface area contributed by atoms with Crippen molar-refractivity contribution in [2.24, 2.45) is 0 Å². The Kier molecular flexibility index (Phi) is 3.85. The number of aliphatic hydroxyl groups excluding tert-OH is 1. The molecule has 0 unspecified atom stereocenters. The van der Waals surface area contributed by atoms with Crippen LogP contribution < -0.4 is 0 Å². The van der Waals surface area contributed by atoms with E-state index in [9.17, 15) is 0 Å². The van der Waals surface area contributed by atoms with E-state index in [0.717, 1.165) is 11.4 Å². The minimum atomic E-state index is 0.105. The Hall–Kier alpha value is -0.790. The van der Waals surface area contributed by atoms with E-state index in [2.05, 4.69) is 0 Å². The molecule has 0 aliphatic heterocycles. The highest BCUT2D eigenvalue weighted by Gasteiger charge is 1.88. The second-order valence-electron chi connectivity index (χ2n) is 2.48. The minimum absolute atomic E-state index is 0.105. The van der Waals surface area contributed by atoms with Gasteiger partial charge >= 0.3 is 0 Å². The zero-order valence-corrected chi connectivity index (χ0v) is 7.46. The Balaban J connectivity index is 2.53. The van der Waals surface area contributed by atoms with Crippen LogP contribution in [0.2, 0.25) is 5.02 Å². The molecule has 1 nitrogen and oxygen atoms in total. The molecule has 0 spiro atoms. The van der Waals surface area contributed by atoms with Gasteiger partial charge in [0.05, 0.1) is 6.61 Å².